The van der Waals surface area contributed by atoms with Crippen LogP contribution in [0.5, 0.6) is 0 Å². The van der Waals surface area contributed by atoms with Crippen LogP contribution in [0.3, 0.4) is 0 Å². The van der Waals surface area contributed by atoms with Crippen LogP contribution in [-0.2, 0) is 6.42 Å². The van der Waals surface area contributed by atoms with Crippen molar-refractivity contribution in [1.29, 1.82) is 0 Å². The van der Waals surface area contributed by atoms with Crippen LogP contribution in [-0.4, -0.2) is 27.6 Å². The SMILES string of the molecule is O=C(NCCc1nc2ccccc2[nH]1)c1ccon1. The highest BCUT2D eigenvalue weighted by molar-refractivity contribution is 5.91. The molecule has 0 atom stereocenters. The van der Waals surface area contributed by atoms with Crippen LogP contribution < -0.4 is 5.32 Å². The first kappa shape index (κ1) is 11.5. The van der Waals surface area contributed by atoms with Gasteiger partial charge in [0.25, 0.3) is 5.91 Å². The zero-order valence-corrected chi connectivity index (χ0v) is 10.1. The van der Waals surface area contributed by atoms with Gasteiger partial charge in [0.1, 0.15) is 12.1 Å². The number of hydrogen-bond donors (Lipinski definition) is 2. The van der Waals surface area contributed by atoms with E-state index in [1.807, 2.05) is 24.3 Å². The van der Waals surface area contributed by atoms with Gasteiger partial charge in [-0.05, 0) is 12.1 Å². The molecular weight excluding hydrogens is 244 g/mol. The molecule has 1 amide bonds. The number of hydrogen-bond acceptors (Lipinski definition) is 4. The van der Waals surface area contributed by atoms with Crippen molar-refractivity contribution in [1.82, 2.24) is 20.4 Å². The van der Waals surface area contributed by atoms with Crippen molar-refractivity contribution in [2.45, 2.75) is 6.42 Å². The molecule has 2 aromatic heterocycles. The molecule has 3 rings (SSSR count). The van der Waals surface area contributed by atoms with E-state index in [2.05, 4.69) is 25.0 Å². The molecule has 0 unspecified atom stereocenters. The minimum atomic E-state index is -0.245. The maximum absolute atomic E-state index is 11.6. The lowest BCUT2D eigenvalue weighted by Crippen LogP contribution is -2.26. The number of rotatable bonds is 4. The summed E-state index contributed by atoms with van der Waals surface area (Å²) in [6.07, 6.45) is 2.01. The van der Waals surface area contributed by atoms with Gasteiger partial charge < -0.3 is 14.8 Å². The Morgan fingerprint density at radius 1 is 1.32 bits per heavy atom. The zero-order chi connectivity index (χ0) is 13.1. The molecule has 1 aromatic carbocycles. The van der Waals surface area contributed by atoms with E-state index in [0.29, 0.717) is 13.0 Å². The lowest BCUT2D eigenvalue weighted by atomic mass is 10.3. The normalized spacial score (nSPS) is 10.7. The van der Waals surface area contributed by atoms with Gasteiger partial charge in [0.2, 0.25) is 0 Å². The van der Waals surface area contributed by atoms with E-state index in [1.165, 1.54) is 12.3 Å². The van der Waals surface area contributed by atoms with E-state index in [0.717, 1.165) is 16.9 Å². The van der Waals surface area contributed by atoms with E-state index < -0.39 is 0 Å². The molecule has 0 aliphatic carbocycles. The molecule has 0 saturated heterocycles. The van der Waals surface area contributed by atoms with Crippen LogP contribution in [0.25, 0.3) is 11.0 Å². The van der Waals surface area contributed by atoms with Crippen molar-refractivity contribution in [3.63, 3.8) is 0 Å². The minimum absolute atomic E-state index is 0.245. The van der Waals surface area contributed by atoms with Gasteiger partial charge in [0.15, 0.2) is 5.69 Å². The Hall–Kier alpha value is -2.63. The number of para-hydroxylation sites is 2. The van der Waals surface area contributed by atoms with Gasteiger partial charge in [-0.3, -0.25) is 4.79 Å². The average Bonchev–Trinajstić information content (AvgIpc) is 3.07. The van der Waals surface area contributed by atoms with Crippen LogP contribution in [0.1, 0.15) is 16.3 Å². The molecule has 0 radical (unpaired) electrons. The third kappa shape index (κ3) is 2.47. The number of carbonyl (C=O) groups excluding carboxylic acids is 1. The second-order valence-corrected chi connectivity index (χ2v) is 4.09. The first-order valence-corrected chi connectivity index (χ1v) is 5.95. The van der Waals surface area contributed by atoms with Crippen molar-refractivity contribution in [2.75, 3.05) is 6.54 Å². The highest BCUT2D eigenvalue weighted by Gasteiger charge is 2.08. The number of fused-ring (bicyclic) bond motifs is 1. The molecule has 0 fully saturated rings. The second kappa shape index (κ2) is 4.93. The van der Waals surface area contributed by atoms with Crippen molar-refractivity contribution in [3.05, 3.63) is 48.1 Å². The highest BCUT2D eigenvalue weighted by Crippen LogP contribution is 2.10. The van der Waals surface area contributed by atoms with Gasteiger partial charge in [0.05, 0.1) is 11.0 Å². The predicted octanol–water partition coefficient (Wildman–Crippen LogP) is 1.52. The summed E-state index contributed by atoms with van der Waals surface area (Å²) < 4.78 is 4.61. The number of imidazole rings is 1. The maximum Gasteiger partial charge on any atom is 0.273 e. The third-order valence-corrected chi connectivity index (χ3v) is 2.76. The molecule has 0 aliphatic rings. The maximum atomic E-state index is 11.6. The van der Waals surface area contributed by atoms with Crippen LogP contribution in [0.15, 0.2) is 41.1 Å². The number of aromatic nitrogens is 3. The van der Waals surface area contributed by atoms with Gasteiger partial charge in [-0.15, -0.1) is 0 Å². The van der Waals surface area contributed by atoms with Gasteiger partial charge in [-0.1, -0.05) is 17.3 Å². The summed E-state index contributed by atoms with van der Waals surface area (Å²) in [7, 11) is 0. The first-order valence-electron chi connectivity index (χ1n) is 5.95. The fourth-order valence-corrected chi connectivity index (χ4v) is 1.84. The molecule has 2 heterocycles. The average molecular weight is 256 g/mol. The van der Waals surface area contributed by atoms with Gasteiger partial charge >= 0.3 is 0 Å². The van der Waals surface area contributed by atoms with Crippen molar-refractivity contribution >= 4 is 16.9 Å². The number of carbonyl (C=O) groups is 1. The monoisotopic (exact) mass is 256 g/mol. The Morgan fingerprint density at radius 2 is 2.21 bits per heavy atom. The van der Waals surface area contributed by atoms with E-state index in [-0.39, 0.29) is 11.6 Å². The Kier molecular flexibility index (Phi) is 2.97. The van der Waals surface area contributed by atoms with Crippen LogP contribution in [0.4, 0.5) is 0 Å². The van der Waals surface area contributed by atoms with Crippen molar-refractivity contribution in [3.8, 4) is 0 Å². The number of nitrogens with zero attached hydrogens (tertiary/aromatic N) is 2. The number of aromatic amines is 1. The Balaban J connectivity index is 1.59. The summed E-state index contributed by atoms with van der Waals surface area (Å²) in [5, 5.41) is 6.32. The lowest BCUT2D eigenvalue weighted by Gasteiger charge is -2.00. The first-order chi connectivity index (χ1) is 9.33. The summed E-state index contributed by atoms with van der Waals surface area (Å²) >= 11 is 0. The van der Waals surface area contributed by atoms with Gasteiger partial charge in [0, 0.05) is 19.0 Å². The molecule has 19 heavy (non-hydrogen) atoms. The molecular formula is C13H12N4O2. The molecule has 2 N–H and O–H groups in total. The third-order valence-electron chi connectivity index (χ3n) is 2.76. The quantitative estimate of drug-likeness (QED) is 0.741. The summed E-state index contributed by atoms with van der Waals surface area (Å²) in [5.74, 6) is 0.603. The Morgan fingerprint density at radius 3 is 3.00 bits per heavy atom. The van der Waals surface area contributed by atoms with Crippen LogP contribution >= 0.6 is 0 Å². The molecule has 0 aliphatic heterocycles. The number of amides is 1. The Bertz CT molecular complexity index is 655. The van der Waals surface area contributed by atoms with E-state index in [1.54, 1.807) is 0 Å². The topological polar surface area (TPSA) is 83.8 Å². The smallest absolute Gasteiger partial charge is 0.273 e. The van der Waals surface area contributed by atoms with E-state index in [9.17, 15) is 4.79 Å². The minimum Gasteiger partial charge on any atom is -0.364 e. The van der Waals surface area contributed by atoms with Crippen molar-refractivity contribution < 1.29 is 9.32 Å². The fourth-order valence-electron chi connectivity index (χ4n) is 1.84. The molecule has 6 heteroatoms. The molecule has 0 saturated carbocycles. The summed E-state index contributed by atoms with van der Waals surface area (Å²) in [5.41, 5.74) is 2.21. The Labute approximate surface area is 108 Å². The molecule has 3 aromatic rings. The van der Waals surface area contributed by atoms with E-state index >= 15 is 0 Å². The van der Waals surface area contributed by atoms with Crippen molar-refractivity contribution in [2.24, 2.45) is 0 Å². The van der Waals surface area contributed by atoms with Crippen LogP contribution in [0, 0.1) is 0 Å². The summed E-state index contributed by atoms with van der Waals surface area (Å²) in [6, 6.07) is 9.34. The predicted molar refractivity (Wildman–Crippen MR) is 68.6 cm³/mol. The fraction of sp³-hybridized carbons (Fsp3) is 0.154. The molecule has 6 nitrogen and oxygen atoms in total. The second-order valence-electron chi connectivity index (χ2n) is 4.09. The molecule has 0 bridgehead atoms. The highest BCUT2D eigenvalue weighted by atomic mass is 16.5. The standard InChI is InChI=1S/C13H12N4O2/c18-13(11-6-8-19-17-11)14-7-5-12-15-9-3-1-2-4-10(9)16-12/h1-4,6,8H,5,7H2,(H,14,18)(H,15,16). The molecule has 0 spiro atoms. The zero-order valence-electron chi connectivity index (χ0n) is 10.1. The van der Waals surface area contributed by atoms with Gasteiger partial charge in [-0.2, -0.15) is 0 Å². The number of H-pyrrole nitrogens is 1. The lowest BCUT2D eigenvalue weighted by molar-refractivity contribution is 0.0945. The van der Waals surface area contributed by atoms with Gasteiger partial charge in [-0.25, -0.2) is 4.98 Å². The largest absolute Gasteiger partial charge is 0.364 e. The van der Waals surface area contributed by atoms with Crippen LogP contribution in [0.2, 0.25) is 0 Å². The van der Waals surface area contributed by atoms with E-state index in [4.69, 9.17) is 0 Å². The summed E-state index contributed by atoms with van der Waals surface area (Å²) in [6.45, 7) is 0.492. The number of nitrogens with one attached hydrogen (secondary N) is 2. The summed E-state index contributed by atoms with van der Waals surface area (Å²) in [4.78, 5) is 19.2. The molecule has 96 valence electrons. The number of benzene rings is 1.